The van der Waals surface area contributed by atoms with Crippen LogP contribution in [0.15, 0.2) is 65.8 Å². The first-order valence-electron chi connectivity index (χ1n) is 17.8. The van der Waals surface area contributed by atoms with Crippen molar-refractivity contribution in [2.75, 3.05) is 0 Å². The van der Waals surface area contributed by atoms with Crippen molar-refractivity contribution in [3.8, 4) is 17.3 Å². The van der Waals surface area contributed by atoms with Crippen LogP contribution in [0.4, 0.5) is 0 Å². The third-order valence-electron chi connectivity index (χ3n) is 11.7. The first-order valence-corrected chi connectivity index (χ1v) is 17.8. The fourth-order valence-electron chi connectivity index (χ4n) is 8.93. The van der Waals surface area contributed by atoms with Crippen LogP contribution in [0.1, 0.15) is 96.7 Å². The minimum atomic E-state index is -0.468. The number of pyridine rings is 1. The molecule has 0 N–H and O–H groups in total. The van der Waals surface area contributed by atoms with E-state index in [2.05, 4.69) is 134 Å². The number of aryl methyl sites for hydroxylation is 5. The molecule has 1 aliphatic carbocycles. The summed E-state index contributed by atoms with van der Waals surface area (Å²) >= 11 is 0. The van der Waals surface area contributed by atoms with Crippen LogP contribution < -0.4 is 4.74 Å². The molecule has 260 valence electrons. The van der Waals surface area contributed by atoms with Gasteiger partial charge in [0.1, 0.15) is 23.4 Å². The summed E-state index contributed by atoms with van der Waals surface area (Å²) in [7, 11) is 0. The summed E-state index contributed by atoms with van der Waals surface area (Å²) in [6, 6.07) is 27.4. The van der Waals surface area contributed by atoms with E-state index >= 15 is 0 Å². The molecule has 0 unspecified atom stereocenters. The van der Waals surface area contributed by atoms with Gasteiger partial charge in [-0.2, -0.15) is 6.07 Å². The Hall–Kier alpha value is -4.21. The summed E-state index contributed by atoms with van der Waals surface area (Å²) in [5, 5.41) is 2.37. The molecule has 0 saturated heterocycles. The van der Waals surface area contributed by atoms with Crippen molar-refractivity contribution in [3.63, 3.8) is 0 Å². The SMILES string of the molecule is Cc1ccc2c(c1)C(C)(C)C[C@@H]1OC(c3[c-]c(Oc4[c-]c5c(cc4C)c4cc(C)cc6c4n5-c4ncccc4C6(C)C)c(C)cc3C)=N[C@]21C.[Pt+2]. The molecule has 0 spiro atoms. The topological polar surface area (TPSA) is 48.6 Å². The monoisotopic (exact) mass is 852 g/mol. The maximum Gasteiger partial charge on any atom is 2.00 e. The van der Waals surface area contributed by atoms with E-state index in [-0.39, 0.29) is 38.0 Å². The molecule has 6 aromatic rings. The van der Waals surface area contributed by atoms with Crippen LogP contribution >= 0.6 is 0 Å². The minimum Gasteiger partial charge on any atom is -0.514 e. The molecule has 4 aromatic carbocycles. The van der Waals surface area contributed by atoms with E-state index in [9.17, 15) is 0 Å². The van der Waals surface area contributed by atoms with Crippen molar-refractivity contribution in [3.05, 3.63) is 129 Å². The van der Waals surface area contributed by atoms with E-state index in [0.29, 0.717) is 17.4 Å². The van der Waals surface area contributed by atoms with Crippen LogP contribution in [-0.4, -0.2) is 21.6 Å². The van der Waals surface area contributed by atoms with Crippen molar-refractivity contribution in [1.82, 2.24) is 9.55 Å². The van der Waals surface area contributed by atoms with Crippen LogP contribution in [0.2, 0.25) is 0 Å². The fourth-order valence-corrected chi connectivity index (χ4v) is 8.93. The number of hydrogen-bond donors (Lipinski definition) is 0. The molecule has 5 nitrogen and oxygen atoms in total. The molecule has 2 aromatic heterocycles. The molecule has 0 fully saturated rings. The average Bonchev–Trinajstić information content (AvgIpc) is 3.55. The Morgan fingerprint density at radius 3 is 2.27 bits per heavy atom. The zero-order chi connectivity index (χ0) is 35.1. The van der Waals surface area contributed by atoms with E-state index in [4.69, 9.17) is 19.5 Å². The quantitative estimate of drug-likeness (QED) is 0.167. The summed E-state index contributed by atoms with van der Waals surface area (Å²) in [6.07, 6.45) is 2.71. The van der Waals surface area contributed by atoms with Crippen LogP contribution in [0.3, 0.4) is 0 Å². The molecule has 51 heavy (non-hydrogen) atoms. The molecular weight excluding hydrogens is 810 g/mol. The molecule has 0 bridgehead atoms. The summed E-state index contributed by atoms with van der Waals surface area (Å²) in [4.78, 5) is 10.3. The largest absolute Gasteiger partial charge is 2.00 e. The Balaban J connectivity index is 0.00000374. The smallest absolute Gasteiger partial charge is 0.514 e. The van der Waals surface area contributed by atoms with Gasteiger partial charge >= 0.3 is 21.1 Å². The summed E-state index contributed by atoms with van der Waals surface area (Å²) in [5.74, 6) is 2.91. The number of hydrogen-bond acceptors (Lipinski definition) is 4. The number of rotatable bonds is 3. The van der Waals surface area contributed by atoms with Gasteiger partial charge in [0.15, 0.2) is 0 Å². The maximum atomic E-state index is 6.79. The van der Waals surface area contributed by atoms with E-state index in [0.717, 1.165) is 45.4 Å². The van der Waals surface area contributed by atoms with Gasteiger partial charge in [-0.3, -0.25) is 4.99 Å². The van der Waals surface area contributed by atoms with Gasteiger partial charge in [-0.05, 0) is 60.7 Å². The Kier molecular flexibility index (Phi) is 7.41. The first-order chi connectivity index (χ1) is 23.7. The predicted octanol–water partition coefficient (Wildman–Crippen LogP) is 10.5. The van der Waals surface area contributed by atoms with Gasteiger partial charge in [0, 0.05) is 34.2 Å². The van der Waals surface area contributed by atoms with Gasteiger partial charge in [0.2, 0.25) is 0 Å². The molecule has 6 heteroatoms. The number of aromatic nitrogens is 2. The minimum absolute atomic E-state index is 0. The summed E-state index contributed by atoms with van der Waals surface area (Å²) < 4.78 is 15.8. The Morgan fingerprint density at radius 1 is 0.765 bits per heavy atom. The third kappa shape index (κ3) is 4.76. The molecule has 0 saturated carbocycles. The molecule has 0 amide bonds. The maximum absolute atomic E-state index is 6.79. The normalized spacial score (nSPS) is 20.6. The first kappa shape index (κ1) is 33.9. The van der Waals surface area contributed by atoms with Gasteiger partial charge in [-0.1, -0.05) is 119 Å². The summed E-state index contributed by atoms with van der Waals surface area (Å²) in [5.41, 5.74) is 13.0. The molecule has 0 radical (unpaired) electrons. The summed E-state index contributed by atoms with van der Waals surface area (Å²) in [6.45, 7) is 22.1. The van der Waals surface area contributed by atoms with Crippen LogP contribution in [0.5, 0.6) is 11.5 Å². The Labute approximate surface area is 315 Å². The van der Waals surface area contributed by atoms with Crippen LogP contribution in [0.25, 0.3) is 27.6 Å². The second kappa shape index (κ2) is 11.1. The zero-order valence-corrected chi connectivity index (χ0v) is 33.3. The van der Waals surface area contributed by atoms with Crippen molar-refractivity contribution in [1.29, 1.82) is 0 Å². The molecular formula is C45H43N3O2Pt. The molecule has 4 heterocycles. The van der Waals surface area contributed by atoms with Crippen LogP contribution in [-0.2, 0) is 42.2 Å². The van der Waals surface area contributed by atoms with E-state index in [1.54, 1.807) is 0 Å². The Morgan fingerprint density at radius 2 is 1.49 bits per heavy atom. The van der Waals surface area contributed by atoms with Gasteiger partial charge < -0.3 is 14.0 Å². The molecule has 3 aliphatic rings. The van der Waals surface area contributed by atoms with Gasteiger partial charge in [0.25, 0.3) is 0 Å². The molecule has 9 rings (SSSR count). The second-order valence-electron chi connectivity index (χ2n) is 16.3. The van der Waals surface area contributed by atoms with Crippen molar-refractivity contribution in [2.24, 2.45) is 4.99 Å². The standard InChI is InChI=1S/C45H43N3O2.Pt/c1-24-13-14-32-34(17-24)43(6,7)23-39-45(32,10)47-42(50-39)29-21-37(27(4)19-26(29)3)49-38-22-36-30(20-28(38)5)31-16-25(2)18-35-40(31)48(36)41-33(44(35,8)9)12-11-15-46-41;/h11-20,39H,23H2,1-10H3;/q-2;+2/t39-,45+;/m0./s1. The number of fused-ring (bicyclic) bond motifs is 8. The average molecular weight is 853 g/mol. The Bertz CT molecular complexity index is 2500. The van der Waals surface area contributed by atoms with Crippen molar-refractivity contribution >= 4 is 27.7 Å². The number of aliphatic imine (C=N–C) groups is 1. The van der Waals surface area contributed by atoms with E-state index in [1.807, 2.05) is 12.3 Å². The molecule has 2 atom stereocenters. The van der Waals surface area contributed by atoms with Gasteiger partial charge in [-0.15, -0.1) is 28.6 Å². The molecule has 2 aliphatic heterocycles. The predicted molar refractivity (Wildman–Crippen MR) is 201 cm³/mol. The second-order valence-corrected chi connectivity index (χ2v) is 16.3. The third-order valence-corrected chi connectivity index (χ3v) is 11.7. The van der Waals surface area contributed by atoms with E-state index < -0.39 is 5.54 Å². The number of benzene rings is 4. The number of ether oxygens (including phenoxy) is 2. The van der Waals surface area contributed by atoms with E-state index in [1.165, 1.54) is 44.3 Å². The van der Waals surface area contributed by atoms with Gasteiger partial charge in [-0.25, -0.2) is 4.98 Å². The zero-order valence-electron chi connectivity index (χ0n) is 31.0. The van der Waals surface area contributed by atoms with Crippen LogP contribution in [0, 0.1) is 46.8 Å². The van der Waals surface area contributed by atoms with Crippen molar-refractivity contribution in [2.45, 2.75) is 98.1 Å². The fraction of sp³-hybridized carbons (Fsp3) is 0.333. The van der Waals surface area contributed by atoms with Gasteiger partial charge in [0.05, 0.1) is 0 Å². The van der Waals surface area contributed by atoms with Crippen molar-refractivity contribution < 1.29 is 30.5 Å². The number of nitrogens with zero attached hydrogens (tertiary/aromatic N) is 3.